The first kappa shape index (κ1) is 18.9. The summed E-state index contributed by atoms with van der Waals surface area (Å²) in [7, 11) is 0. The van der Waals surface area contributed by atoms with E-state index < -0.39 is 0 Å². The summed E-state index contributed by atoms with van der Waals surface area (Å²) in [6, 6.07) is 13.7. The van der Waals surface area contributed by atoms with Crippen LogP contribution >= 0.6 is 35.0 Å². The molecule has 5 heteroatoms. The number of carbonyl (C=O) groups excluding carboxylic acids is 1. The van der Waals surface area contributed by atoms with Crippen LogP contribution in [0.3, 0.4) is 0 Å². The zero-order chi connectivity index (χ0) is 17.4. The average Bonchev–Trinajstić information content (AvgIpc) is 2.57. The number of hydrogen-bond donors (Lipinski definition) is 1. The Kier molecular flexibility index (Phi) is 7.70. The standard InChI is InChI=1S/C19H19Cl2NOS/c1-14-2-4-15(5-3-14)7-9-19(23)22-10-11-24-13-16-6-8-17(20)18(21)12-16/h2-9,12H,10-11,13H2,1H3,(H,22,23). The Balaban J connectivity index is 1.65. The molecule has 2 rings (SSSR count). The highest BCUT2D eigenvalue weighted by Gasteiger charge is 2.00. The molecule has 2 aromatic carbocycles. The van der Waals surface area contributed by atoms with Crippen molar-refractivity contribution in [2.45, 2.75) is 12.7 Å². The zero-order valence-electron chi connectivity index (χ0n) is 13.4. The topological polar surface area (TPSA) is 29.1 Å². The maximum Gasteiger partial charge on any atom is 0.244 e. The van der Waals surface area contributed by atoms with E-state index in [1.807, 2.05) is 49.4 Å². The number of thioether (sulfide) groups is 1. The largest absolute Gasteiger partial charge is 0.352 e. The Morgan fingerprint density at radius 1 is 1.12 bits per heavy atom. The third-order valence-electron chi connectivity index (χ3n) is 3.30. The van der Waals surface area contributed by atoms with Crippen LogP contribution < -0.4 is 5.32 Å². The second-order valence-electron chi connectivity index (χ2n) is 5.34. The number of carbonyl (C=O) groups is 1. The molecule has 2 nitrogen and oxygen atoms in total. The smallest absolute Gasteiger partial charge is 0.244 e. The van der Waals surface area contributed by atoms with Crippen LogP contribution in [-0.2, 0) is 10.5 Å². The molecule has 0 saturated heterocycles. The SMILES string of the molecule is Cc1ccc(C=CC(=O)NCCSCc2ccc(Cl)c(Cl)c2)cc1. The Bertz CT molecular complexity index is 714. The van der Waals surface area contributed by atoms with Crippen molar-refractivity contribution in [3.05, 3.63) is 75.3 Å². The molecule has 1 amide bonds. The number of hydrogen-bond acceptors (Lipinski definition) is 2. The molecule has 0 aromatic heterocycles. The van der Waals surface area contributed by atoms with Gasteiger partial charge in [0.05, 0.1) is 10.0 Å². The summed E-state index contributed by atoms with van der Waals surface area (Å²) in [6.07, 6.45) is 3.38. The van der Waals surface area contributed by atoms with Crippen molar-refractivity contribution in [2.75, 3.05) is 12.3 Å². The molecular weight excluding hydrogens is 361 g/mol. The maximum atomic E-state index is 11.8. The Morgan fingerprint density at radius 3 is 2.58 bits per heavy atom. The summed E-state index contributed by atoms with van der Waals surface area (Å²) in [5.74, 6) is 1.60. The highest BCUT2D eigenvalue weighted by molar-refractivity contribution is 7.98. The molecule has 0 spiro atoms. The van der Waals surface area contributed by atoms with Gasteiger partial charge >= 0.3 is 0 Å². The van der Waals surface area contributed by atoms with E-state index in [4.69, 9.17) is 23.2 Å². The summed E-state index contributed by atoms with van der Waals surface area (Å²) in [6.45, 7) is 2.67. The van der Waals surface area contributed by atoms with Gasteiger partial charge in [-0.1, -0.05) is 59.1 Å². The highest BCUT2D eigenvalue weighted by atomic mass is 35.5. The van der Waals surface area contributed by atoms with Crippen molar-refractivity contribution in [3.8, 4) is 0 Å². The second-order valence-corrected chi connectivity index (χ2v) is 7.26. The van der Waals surface area contributed by atoms with Crippen LogP contribution in [0, 0.1) is 6.92 Å². The summed E-state index contributed by atoms with van der Waals surface area (Å²) in [5, 5.41) is 4.02. The van der Waals surface area contributed by atoms with E-state index in [0.29, 0.717) is 16.6 Å². The lowest BCUT2D eigenvalue weighted by Crippen LogP contribution is -2.23. The van der Waals surface area contributed by atoms with Crippen LogP contribution in [-0.4, -0.2) is 18.2 Å². The van der Waals surface area contributed by atoms with Gasteiger partial charge in [-0.25, -0.2) is 0 Å². The Hall–Kier alpha value is -1.42. The van der Waals surface area contributed by atoms with Crippen molar-refractivity contribution in [2.24, 2.45) is 0 Å². The molecule has 0 aliphatic heterocycles. The number of amides is 1. The summed E-state index contributed by atoms with van der Waals surface area (Å²) in [5.41, 5.74) is 3.35. The molecule has 0 atom stereocenters. The van der Waals surface area contributed by atoms with Gasteiger partial charge in [-0.3, -0.25) is 4.79 Å². The van der Waals surface area contributed by atoms with E-state index in [1.165, 1.54) is 5.56 Å². The van der Waals surface area contributed by atoms with Gasteiger partial charge in [-0.2, -0.15) is 11.8 Å². The van der Waals surface area contributed by atoms with Crippen molar-refractivity contribution in [1.29, 1.82) is 0 Å². The van der Waals surface area contributed by atoms with Crippen LogP contribution in [0.1, 0.15) is 16.7 Å². The van der Waals surface area contributed by atoms with Gasteiger partial charge in [0, 0.05) is 24.1 Å². The molecule has 2 aromatic rings. The van der Waals surface area contributed by atoms with Crippen LogP contribution in [0.5, 0.6) is 0 Å². The monoisotopic (exact) mass is 379 g/mol. The summed E-state index contributed by atoms with van der Waals surface area (Å²) >= 11 is 13.6. The maximum absolute atomic E-state index is 11.8. The Labute approximate surface area is 157 Å². The van der Waals surface area contributed by atoms with E-state index in [2.05, 4.69) is 5.32 Å². The van der Waals surface area contributed by atoms with Crippen molar-refractivity contribution >= 4 is 46.9 Å². The Morgan fingerprint density at radius 2 is 1.88 bits per heavy atom. The third kappa shape index (κ3) is 6.60. The zero-order valence-corrected chi connectivity index (χ0v) is 15.7. The van der Waals surface area contributed by atoms with E-state index in [0.717, 1.165) is 22.6 Å². The average molecular weight is 380 g/mol. The van der Waals surface area contributed by atoms with E-state index in [9.17, 15) is 4.79 Å². The number of halogens is 2. The molecule has 126 valence electrons. The minimum absolute atomic E-state index is 0.0780. The van der Waals surface area contributed by atoms with Crippen LogP contribution in [0.4, 0.5) is 0 Å². The minimum Gasteiger partial charge on any atom is -0.352 e. The molecule has 24 heavy (non-hydrogen) atoms. The van der Waals surface area contributed by atoms with Gasteiger partial charge in [0.2, 0.25) is 5.91 Å². The lowest BCUT2D eigenvalue weighted by atomic mass is 10.1. The molecule has 0 aliphatic rings. The normalized spacial score (nSPS) is 11.0. The molecule has 0 saturated carbocycles. The van der Waals surface area contributed by atoms with Gasteiger partial charge in [-0.15, -0.1) is 0 Å². The quantitative estimate of drug-likeness (QED) is 0.517. The van der Waals surface area contributed by atoms with Gasteiger partial charge in [0.1, 0.15) is 0 Å². The van der Waals surface area contributed by atoms with E-state index in [1.54, 1.807) is 23.9 Å². The van der Waals surface area contributed by atoms with Crippen molar-refractivity contribution in [1.82, 2.24) is 5.32 Å². The van der Waals surface area contributed by atoms with Crippen molar-refractivity contribution < 1.29 is 4.79 Å². The number of benzene rings is 2. The van der Waals surface area contributed by atoms with Gasteiger partial charge in [0.25, 0.3) is 0 Å². The van der Waals surface area contributed by atoms with Crippen LogP contribution in [0.25, 0.3) is 6.08 Å². The fourth-order valence-corrected chi connectivity index (χ4v) is 3.10. The highest BCUT2D eigenvalue weighted by Crippen LogP contribution is 2.24. The fourth-order valence-electron chi connectivity index (χ4n) is 1.97. The number of nitrogens with one attached hydrogen (secondary N) is 1. The molecular formula is C19H19Cl2NOS. The summed E-state index contributed by atoms with van der Waals surface area (Å²) in [4.78, 5) is 11.8. The molecule has 0 radical (unpaired) electrons. The molecule has 0 aliphatic carbocycles. The molecule has 0 bridgehead atoms. The lowest BCUT2D eigenvalue weighted by molar-refractivity contribution is -0.116. The van der Waals surface area contributed by atoms with Crippen molar-refractivity contribution in [3.63, 3.8) is 0 Å². The van der Waals surface area contributed by atoms with Gasteiger partial charge in [0.15, 0.2) is 0 Å². The molecule has 1 N–H and O–H groups in total. The molecule has 0 heterocycles. The van der Waals surface area contributed by atoms with Gasteiger partial charge in [-0.05, 0) is 36.3 Å². The molecule has 0 unspecified atom stereocenters. The van der Waals surface area contributed by atoms with Crippen LogP contribution in [0.15, 0.2) is 48.5 Å². The third-order valence-corrected chi connectivity index (χ3v) is 5.07. The first-order valence-corrected chi connectivity index (χ1v) is 9.50. The minimum atomic E-state index is -0.0780. The first-order valence-electron chi connectivity index (χ1n) is 7.59. The van der Waals surface area contributed by atoms with Crippen LogP contribution in [0.2, 0.25) is 10.0 Å². The van der Waals surface area contributed by atoms with E-state index >= 15 is 0 Å². The first-order chi connectivity index (χ1) is 11.5. The lowest BCUT2D eigenvalue weighted by Gasteiger charge is -2.04. The van der Waals surface area contributed by atoms with E-state index in [-0.39, 0.29) is 5.91 Å². The molecule has 0 fully saturated rings. The van der Waals surface area contributed by atoms with Gasteiger partial charge < -0.3 is 5.32 Å². The summed E-state index contributed by atoms with van der Waals surface area (Å²) < 4.78 is 0. The fraction of sp³-hybridized carbons (Fsp3) is 0.211. The second kappa shape index (κ2) is 9.77. The predicted molar refractivity (Wildman–Crippen MR) is 106 cm³/mol. The number of rotatable bonds is 7. The number of aryl methyl sites for hydroxylation is 1. The predicted octanol–water partition coefficient (Wildman–Crippen LogP) is 5.36.